The lowest BCUT2D eigenvalue weighted by molar-refractivity contribution is 0.0602. The monoisotopic (exact) mass is 289 g/mol. The molecule has 2 aromatic heterocycles. The normalized spacial score (nSPS) is 17.2. The Morgan fingerprint density at radius 3 is 2.81 bits per heavy atom. The van der Waals surface area contributed by atoms with Crippen LogP contribution in [0.4, 0.5) is 0 Å². The molecule has 3 heterocycles. The summed E-state index contributed by atoms with van der Waals surface area (Å²) in [5, 5.41) is 4.45. The smallest absolute Gasteiger partial charge is 0.341 e. The number of piperazine rings is 1. The summed E-state index contributed by atoms with van der Waals surface area (Å²) < 4.78 is 6.42. The molecule has 0 aromatic carbocycles. The highest BCUT2D eigenvalue weighted by molar-refractivity contribution is 5.95. The number of methoxy groups -OCH3 is 1. The lowest BCUT2D eigenvalue weighted by Crippen LogP contribution is -2.44. The quantitative estimate of drug-likeness (QED) is 0.756. The molecule has 1 saturated heterocycles. The largest absolute Gasteiger partial charge is 0.465 e. The van der Waals surface area contributed by atoms with Gasteiger partial charge in [0.05, 0.1) is 13.7 Å². The van der Waals surface area contributed by atoms with Gasteiger partial charge < -0.3 is 9.64 Å². The maximum Gasteiger partial charge on any atom is 0.341 e. The summed E-state index contributed by atoms with van der Waals surface area (Å²) >= 11 is 0. The third-order valence-electron chi connectivity index (χ3n) is 3.77. The molecule has 21 heavy (non-hydrogen) atoms. The number of pyridine rings is 1. The van der Waals surface area contributed by atoms with Gasteiger partial charge in [-0.05, 0) is 19.2 Å². The molecule has 0 spiro atoms. The van der Waals surface area contributed by atoms with Crippen molar-refractivity contribution in [1.82, 2.24) is 24.4 Å². The van der Waals surface area contributed by atoms with E-state index in [4.69, 9.17) is 4.74 Å². The lowest BCUT2D eigenvalue weighted by Gasteiger charge is -2.31. The van der Waals surface area contributed by atoms with Gasteiger partial charge in [0, 0.05) is 32.4 Å². The van der Waals surface area contributed by atoms with Crippen LogP contribution in [0, 0.1) is 0 Å². The average molecular weight is 289 g/mol. The zero-order chi connectivity index (χ0) is 14.8. The standard InChI is InChI=1S/C14H19N5O2/c1-17-6-8-18(9-7-17)10-12-15-13-11(14(20)21-2)4-3-5-19(13)16-12/h3-5H,6-10H2,1-2H3. The molecule has 3 rings (SSSR count). The highest BCUT2D eigenvalue weighted by Gasteiger charge is 2.18. The van der Waals surface area contributed by atoms with Crippen molar-refractivity contribution in [2.75, 3.05) is 40.3 Å². The number of esters is 1. The Kier molecular flexibility index (Phi) is 3.85. The molecule has 0 saturated carbocycles. The Hall–Kier alpha value is -1.99. The molecule has 1 aliphatic heterocycles. The number of hydrogen-bond acceptors (Lipinski definition) is 6. The zero-order valence-electron chi connectivity index (χ0n) is 12.3. The fraction of sp³-hybridized carbons (Fsp3) is 0.500. The van der Waals surface area contributed by atoms with Gasteiger partial charge in [0.2, 0.25) is 0 Å². The van der Waals surface area contributed by atoms with Gasteiger partial charge in [0.15, 0.2) is 11.5 Å². The van der Waals surface area contributed by atoms with Crippen LogP contribution in [0.1, 0.15) is 16.2 Å². The van der Waals surface area contributed by atoms with E-state index in [9.17, 15) is 4.79 Å². The predicted octanol–water partition coefficient (Wildman–Crippen LogP) is 0.263. The van der Waals surface area contributed by atoms with E-state index in [1.807, 2.05) is 0 Å². The molecular weight excluding hydrogens is 270 g/mol. The summed E-state index contributed by atoms with van der Waals surface area (Å²) in [4.78, 5) is 20.9. The summed E-state index contributed by atoms with van der Waals surface area (Å²) in [5.74, 6) is 0.343. The highest BCUT2D eigenvalue weighted by Crippen LogP contribution is 2.12. The van der Waals surface area contributed by atoms with E-state index in [2.05, 4.69) is 26.9 Å². The van der Waals surface area contributed by atoms with Gasteiger partial charge in [-0.25, -0.2) is 14.3 Å². The SMILES string of the molecule is COC(=O)c1cccn2nc(CN3CCN(C)CC3)nc12. The molecule has 0 atom stereocenters. The molecule has 112 valence electrons. The fourth-order valence-electron chi connectivity index (χ4n) is 2.49. The van der Waals surface area contributed by atoms with Crippen LogP contribution < -0.4 is 0 Å². The second kappa shape index (κ2) is 5.79. The number of fused-ring (bicyclic) bond motifs is 1. The zero-order valence-corrected chi connectivity index (χ0v) is 12.3. The molecule has 0 radical (unpaired) electrons. The van der Waals surface area contributed by atoms with Crippen LogP contribution >= 0.6 is 0 Å². The topological polar surface area (TPSA) is 63.0 Å². The lowest BCUT2D eigenvalue weighted by atomic mass is 10.3. The van der Waals surface area contributed by atoms with Crippen molar-refractivity contribution in [3.8, 4) is 0 Å². The maximum atomic E-state index is 11.7. The highest BCUT2D eigenvalue weighted by atomic mass is 16.5. The number of hydrogen-bond donors (Lipinski definition) is 0. The third-order valence-corrected chi connectivity index (χ3v) is 3.77. The number of rotatable bonds is 3. The van der Waals surface area contributed by atoms with Crippen molar-refractivity contribution in [3.63, 3.8) is 0 Å². The molecule has 0 unspecified atom stereocenters. The number of carbonyl (C=O) groups is 1. The van der Waals surface area contributed by atoms with Crippen LogP contribution in [0.15, 0.2) is 18.3 Å². The summed E-state index contributed by atoms with van der Waals surface area (Å²) in [6.45, 7) is 4.84. The van der Waals surface area contributed by atoms with E-state index in [0.29, 0.717) is 17.8 Å². The first-order chi connectivity index (χ1) is 10.2. The van der Waals surface area contributed by atoms with E-state index in [-0.39, 0.29) is 5.97 Å². The number of ether oxygens (including phenoxy) is 1. The summed E-state index contributed by atoms with van der Waals surface area (Å²) in [7, 11) is 3.50. The first-order valence-corrected chi connectivity index (χ1v) is 7.01. The molecule has 1 aliphatic rings. The van der Waals surface area contributed by atoms with E-state index in [1.54, 1.807) is 22.8 Å². The third kappa shape index (κ3) is 2.88. The Labute approximate surface area is 123 Å². The summed E-state index contributed by atoms with van der Waals surface area (Å²) in [6, 6.07) is 3.48. The number of aromatic nitrogens is 3. The number of carbonyl (C=O) groups excluding carboxylic acids is 1. The fourth-order valence-corrected chi connectivity index (χ4v) is 2.49. The van der Waals surface area contributed by atoms with Gasteiger partial charge in [-0.3, -0.25) is 4.90 Å². The molecule has 1 fully saturated rings. The minimum absolute atomic E-state index is 0.390. The van der Waals surface area contributed by atoms with Crippen LogP contribution in [0.5, 0.6) is 0 Å². The van der Waals surface area contributed by atoms with Crippen molar-refractivity contribution in [3.05, 3.63) is 29.7 Å². The van der Waals surface area contributed by atoms with Gasteiger partial charge in [-0.2, -0.15) is 0 Å². The predicted molar refractivity (Wildman–Crippen MR) is 77.1 cm³/mol. The Bertz CT molecular complexity index is 646. The molecule has 7 heteroatoms. The van der Waals surface area contributed by atoms with Crippen molar-refractivity contribution in [2.45, 2.75) is 6.54 Å². The Balaban J connectivity index is 1.82. The van der Waals surface area contributed by atoms with Crippen LogP contribution in [-0.2, 0) is 11.3 Å². The second-order valence-corrected chi connectivity index (χ2v) is 5.29. The second-order valence-electron chi connectivity index (χ2n) is 5.29. The van der Waals surface area contributed by atoms with E-state index in [0.717, 1.165) is 32.0 Å². The Morgan fingerprint density at radius 2 is 2.10 bits per heavy atom. The van der Waals surface area contributed by atoms with Crippen LogP contribution in [-0.4, -0.2) is 70.7 Å². The van der Waals surface area contributed by atoms with Crippen molar-refractivity contribution in [1.29, 1.82) is 0 Å². The average Bonchev–Trinajstić information content (AvgIpc) is 2.91. The maximum absolute atomic E-state index is 11.7. The van der Waals surface area contributed by atoms with Crippen molar-refractivity contribution in [2.24, 2.45) is 0 Å². The van der Waals surface area contributed by atoms with Crippen molar-refractivity contribution >= 4 is 11.6 Å². The van der Waals surface area contributed by atoms with Crippen molar-refractivity contribution < 1.29 is 9.53 Å². The molecular formula is C14H19N5O2. The molecule has 0 aliphatic carbocycles. The first kappa shape index (κ1) is 14.0. The van der Waals surface area contributed by atoms with E-state index < -0.39 is 0 Å². The van der Waals surface area contributed by atoms with Crippen LogP contribution in [0.25, 0.3) is 5.65 Å². The minimum Gasteiger partial charge on any atom is -0.465 e. The Morgan fingerprint density at radius 1 is 1.33 bits per heavy atom. The van der Waals surface area contributed by atoms with Gasteiger partial charge in [0.25, 0.3) is 0 Å². The van der Waals surface area contributed by atoms with Gasteiger partial charge in [-0.1, -0.05) is 0 Å². The van der Waals surface area contributed by atoms with Crippen LogP contribution in [0.3, 0.4) is 0 Å². The van der Waals surface area contributed by atoms with E-state index in [1.165, 1.54) is 7.11 Å². The summed E-state index contributed by atoms with van der Waals surface area (Å²) in [6.07, 6.45) is 1.79. The molecule has 0 bridgehead atoms. The molecule has 0 N–H and O–H groups in total. The van der Waals surface area contributed by atoms with E-state index >= 15 is 0 Å². The first-order valence-electron chi connectivity index (χ1n) is 7.01. The number of likely N-dealkylation sites (N-methyl/N-ethyl adjacent to an activating group) is 1. The van der Waals surface area contributed by atoms with Gasteiger partial charge in [-0.15, -0.1) is 5.10 Å². The van der Waals surface area contributed by atoms with Gasteiger partial charge >= 0.3 is 5.97 Å². The summed E-state index contributed by atoms with van der Waals surface area (Å²) in [5.41, 5.74) is 0.991. The van der Waals surface area contributed by atoms with Gasteiger partial charge in [0.1, 0.15) is 5.56 Å². The number of nitrogens with zero attached hydrogens (tertiary/aromatic N) is 5. The molecule has 2 aromatic rings. The minimum atomic E-state index is -0.390. The van der Waals surface area contributed by atoms with Crippen LogP contribution in [0.2, 0.25) is 0 Å². The molecule has 7 nitrogen and oxygen atoms in total. The molecule has 0 amide bonds.